The lowest BCUT2D eigenvalue weighted by atomic mass is 9.91. The van der Waals surface area contributed by atoms with Crippen molar-refractivity contribution < 1.29 is 14.6 Å². The number of likely N-dealkylation sites (tertiary alicyclic amines) is 1. The predicted molar refractivity (Wildman–Crippen MR) is 99.4 cm³/mol. The maximum absolute atomic E-state index is 12.1. The van der Waals surface area contributed by atoms with Crippen molar-refractivity contribution in [3.8, 4) is 0 Å². The third kappa shape index (κ3) is 5.72. The average molecular weight is 348 g/mol. The standard InChI is InChI=1S/C20H32N2O3/c1-14(2)18(15-9-7-6-8-10-15)22-12-11-17(23)16(13-22)21-19(24)25-20(3,4)5/h6-10,14,16-18,23H,11-13H2,1-5H3,(H,21,24)/t16-,17-,18?/m1/s1. The van der Waals surface area contributed by atoms with Crippen molar-refractivity contribution in [2.45, 2.75) is 64.8 Å². The van der Waals surface area contributed by atoms with Gasteiger partial charge in [0.2, 0.25) is 0 Å². The highest BCUT2D eigenvalue weighted by Gasteiger charge is 2.34. The number of nitrogens with zero attached hydrogens (tertiary/aromatic N) is 1. The molecule has 0 spiro atoms. The number of rotatable bonds is 4. The number of benzene rings is 1. The highest BCUT2D eigenvalue weighted by molar-refractivity contribution is 5.68. The molecule has 0 saturated carbocycles. The molecule has 3 atom stereocenters. The van der Waals surface area contributed by atoms with Crippen LogP contribution in [0.25, 0.3) is 0 Å². The lowest BCUT2D eigenvalue weighted by Crippen LogP contribution is -2.56. The molecular formula is C20H32N2O3. The minimum atomic E-state index is -0.549. The van der Waals surface area contributed by atoms with Gasteiger partial charge in [0.1, 0.15) is 5.60 Å². The summed E-state index contributed by atoms with van der Waals surface area (Å²) in [6.07, 6.45) is -0.386. The summed E-state index contributed by atoms with van der Waals surface area (Å²) in [5, 5.41) is 13.2. The molecule has 25 heavy (non-hydrogen) atoms. The first-order chi connectivity index (χ1) is 11.7. The van der Waals surface area contributed by atoms with Crippen molar-refractivity contribution >= 4 is 6.09 Å². The fourth-order valence-corrected chi connectivity index (χ4v) is 3.49. The van der Waals surface area contributed by atoms with Gasteiger partial charge in [-0.25, -0.2) is 4.79 Å². The molecule has 1 aromatic rings. The monoisotopic (exact) mass is 348 g/mol. The number of carbonyl (C=O) groups is 1. The van der Waals surface area contributed by atoms with Crippen LogP contribution in [-0.2, 0) is 4.74 Å². The van der Waals surface area contributed by atoms with E-state index in [-0.39, 0.29) is 12.1 Å². The van der Waals surface area contributed by atoms with Gasteiger partial charge in [-0.2, -0.15) is 0 Å². The molecule has 5 nitrogen and oxygen atoms in total. The largest absolute Gasteiger partial charge is 0.444 e. The van der Waals surface area contributed by atoms with Crippen LogP contribution in [0.4, 0.5) is 4.79 Å². The maximum atomic E-state index is 12.1. The van der Waals surface area contributed by atoms with Crippen molar-refractivity contribution in [3.05, 3.63) is 35.9 Å². The number of piperidine rings is 1. The van der Waals surface area contributed by atoms with Crippen LogP contribution in [0.1, 0.15) is 52.6 Å². The Kier molecular flexibility index (Phi) is 6.47. The van der Waals surface area contributed by atoms with E-state index in [0.29, 0.717) is 18.9 Å². The number of hydrogen-bond acceptors (Lipinski definition) is 4. The number of alkyl carbamates (subject to hydrolysis) is 1. The van der Waals surface area contributed by atoms with E-state index in [0.717, 1.165) is 6.54 Å². The van der Waals surface area contributed by atoms with E-state index in [1.807, 2.05) is 26.8 Å². The van der Waals surface area contributed by atoms with E-state index in [4.69, 9.17) is 4.74 Å². The summed E-state index contributed by atoms with van der Waals surface area (Å²) in [6.45, 7) is 11.3. The zero-order chi connectivity index (χ0) is 18.6. The van der Waals surface area contributed by atoms with Crippen LogP contribution in [0, 0.1) is 5.92 Å². The van der Waals surface area contributed by atoms with Crippen LogP contribution in [0.15, 0.2) is 30.3 Å². The SMILES string of the molecule is CC(C)C(c1ccccc1)N1CC[C@@H](O)[C@H](NC(=O)OC(C)(C)C)C1. The van der Waals surface area contributed by atoms with E-state index in [2.05, 4.69) is 48.3 Å². The van der Waals surface area contributed by atoms with E-state index in [9.17, 15) is 9.90 Å². The van der Waals surface area contributed by atoms with Crippen LogP contribution >= 0.6 is 0 Å². The summed E-state index contributed by atoms with van der Waals surface area (Å²) in [6, 6.07) is 10.4. The number of amides is 1. The molecule has 1 fully saturated rings. The summed E-state index contributed by atoms with van der Waals surface area (Å²) < 4.78 is 5.34. The van der Waals surface area contributed by atoms with Gasteiger partial charge in [-0.15, -0.1) is 0 Å². The van der Waals surface area contributed by atoms with Crippen molar-refractivity contribution in [1.29, 1.82) is 0 Å². The molecule has 1 heterocycles. The Hall–Kier alpha value is -1.59. The first kappa shape index (κ1) is 19.7. The van der Waals surface area contributed by atoms with Crippen LogP contribution in [0.3, 0.4) is 0 Å². The first-order valence-corrected chi connectivity index (χ1v) is 9.14. The molecule has 1 unspecified atom stereocenters. The Morgan fingerprint density at radius 3 is 2.48 bits per heavy atom. The van der Waals surface area contributed by atoms with Crippen molar-refractivity contribution in [2.75, 3.05) is 13.1 Å². The molecule has 1 aliphatic heterocycles. The van der Waals surface area contributed by atoms with Crippen LogP contribution < -0.4 is 5.32 Å². The summed E-state index contributed by atoms with van der Waals surface area (Å²) in [7, 11) is 0. The second-order valence-electron chi connectivity index (χ2n) is 8.20. The molecule has 0 aromatic heterocycles. The van der Waals surface area contributed by atoms with Gasteiger partial charge >= 0.3 is 6.09 Å². The van der Waals surface area contributed by atoms with Crippen molar-refractivity contribution in [2.24, 2.45) is 5.92 Å². The fraction of sp³-hybridized carbons (Fsp3) is 0.650. The highest BCUT2D eigenvalue weighted by Crippen LogP contribution is 2.31. The van der Waals surface area contributed by atoms with Gasteiger partial charge in [-0.1, -0.05) is 44.2 Å². The smallest absolute Gasteiger partial charge is 0.408 e. The Balaban J connectivity index is 2.08. The van der Waals surface area contributed by atoms with Gasteiger partial charge in [0.05, 0.1) is 12.1 Å². The fourth-order valence-electron chi connectivity index (χ4n) is 3.49. The molecule has 0 aliphatic carbocycles. The summed E-state index contributed by atoms with van der Waals surface area (Å²) >= 11 is 0. The average Bonchev–Trinajstić information content (AvgIpc) is 2.49. The van der Waals surface area contributed by atoms with Gasteiger partial charge in [0, 0.05) is 19.1 Å². The van der Waals surface area contributed by atoms with Gasteiger partial charge in [0.25, 0.3) is 0 Å². The topological polar surface area (TPSA) is 61.8 Å². The second-order valence-corrected chi connectivity index (χ2v) is 8.20. The summed E-state index contributed by atoms with van der Waals surface area (Å²) in [4.78, 5) is 14.4. The number of hydrogen-bond donors (Lipinski definition) is 2. The quantitative estimate of drug-likeness (QED) is 0.876. The molecule has 5 heteroatoms. The van der Waals surface area contributed by atoms with Crippen LogP contribution in [0.2, 0.25) is 0 Å². The number of carbonyl (C=O) groups excluding carboxylic acids is 1. The molecule has 1 saturated heterocycles. The molecule has 2 rings (SSSR count). The Morgan fingerprint density at radius 1 is 1.28 bits per heavy atom. The van der Waals surface area contributed by atoms with Gasteiger partial charge < -0.3 is 15.2 Å². The number of ether oxygens (including phenoxy) is 1. The maximum Gasteiger partial charge on any atom is 0.408 e. The molecule has 1 amide bonds. The third-order valence-corrected chi connectivity index (χ3v) is 4.48. The molecule has 0 radical (unpaired) electrons. The second kappa shape index (κ2) is 8.19. The highest BCUT2D eigenvalue weighted by atomic mass is 16.6. The minimum Gasteiger partial charge on any atom is -0.444 e. The van der Waals surface area contributed by atoms with Gasteiger partial charge in [-0.3, -0.25) is 4.90 Å². The normalized spacial score (nSPS) is 23.3. The van der Waals surface area contributed by atoms with Crippen molar-refractivity contribution in [1.82, 2.24) is 10.2 Å². The minimum absolute atomic E-state index is 0.261. The number of aliphatic hydroxyl groups is 1. The zero-order valence-electron chi connectivity index (χ0n) is 16.0. The van der Waals surface area contributed by atoms with Gasteiger partial charge in [0.15, 0.2) is 0 Å². The Labute approximate surface area is 151 Å². The molecule has 2 N–H and O–H groups in total. The summed E-state index contributed by atoms with van der Waals surface area (Å²) in [5.41, 5.74) is 0.721. The molecule has 1 aliphatic rings. The molecule has 0 bridgehead atoms. The van der Waals surface area contributed by atoms with E-state index < -0.39 is 17.8 Å². The van der Waals surface area contributed by atoms with E-state index >= 15 is 0 Å². The zero-order valence-corrected chi connectivity index (χ0v) is 16.0. The van der Waals surface area contributed by atoms with E-state index in [1.54, 1.807) is 0 Å². The molecular weight excluding hydrogens is 316 g/mol. The lowest BCUT2D eigenvalue weighted by Gasteiger charge is -2.42. The Morgan fingerprint density at radius 2 is 1.92 bits per heavy atom. The predicted octanol–water partition coefficient (Wildman–Crippen LogP) is 3.34. The number of nitrogens with one attached hydrogen (secondary N) is 1. The third-order valence-electron chi connectivity index (χ3n) is 4.48. The van der Waals surface area contributed by atoms with Crippen LogP contribution in [-0.4, -0.2) is 46.9 Å². The van der Waals surface area contributed by atoms with Crippen molar-refractivity contribution in [3.63, 3.8) is 0 Å². The van der Waals surface area contributed by atoms with Crippen LogP contribution in [0.5, 0.6) is 0 Å². The summed E-state index contributed by atoms with van der Waals surface area (Å²) in [5.74, 6) is 0.430. The molecule has 1 aromatic carbocycles. The lowest BCUT2D eigenvalue weighted by molar-refractivity contribution is 0.00653. The first-order valence-electron chi connectivity index (χ1n) is 9.14. The van der Waals surface area contributed by atoms with E-state index in [1.165, 1.54) is 5.56 Å². The Bertz CT molecular complexity index is 554. The number of aliphatic hydroxyl groups excluding tert-OH is 1. The molecule has 140 valence electrons. The van der Waals surface area contributed by atoms with Gasteiger partial charge in [-0.05, 0) is 38.7 Å².